The van der Waals surface area contributed by atoms with Gasteiger partial charge in [-0.05, 0) is 17.3 Å². The number of aromatic nitrogens is 6. The topological polar surface area (TPSA) is 237 Å². The van der Waals surface area contributed by atoms with E-state index in [9.17, 15) is 28.8 Å². The van der Waals surface area contributed by atoms with Gasteiger partial charge in [0, 0.05) is 6.20 Å². The zero-order valence-electron chi connectivity index (χ0n) is 30.5. The van der Waals surface area contributed by atoms with E-state index in [-0.39, 0.29) is 82.9 Å². The van der Waals surface area contributed by atoms with Crippen LogP contribution in [0.15, 0.2) is 24.3 Å². The minimum atomic E-state index is -0.426. The van der Waals surface area contributed by atoms with E-state index >= 15 is 0 Å². The third-order valence-electron chi connectivity index (χ3n) is 7.55. The van der Waals surface area contributed by atoms with Crippen molar-refractivity contribution in [2.75, 3.05) is 67.6 Å². The summed E-state index contributed by atoms with van der Waals surface area (Å²) in [6.07, 6.45) is 4.76. The maximum atomic E-state index is 13.6. The van der Waals surface area contributed by atoms with Crippen LogP contribution in [0.2, 0.25) is 0 Å². The number of rotatable bonds is 21. The molecule has 0 saturated carbocycles. The van der Waals surface area contributed by atoms with E-state index in [1.807, 2.05) is 20.8 Å². The summed E-state index contributed by atoms with van der Waals surface area (Å²) in [4.78, 5) is 80.8. The van der Waals surface area contributed by atoms with Crippen LogP contribution in [0, 0.1) is 0 Å². The summed E-state index contributed by atoms with van der Waals surface area (Å²) in [6.45, 7) is 5.55. The zero-order chi connectivity index (χ0) is 38.9. The number of carbonyl (C=O) groups is 6. The molecule has 2 aliphatic rings. The molecule has 1 saturated heterocycles. The van der Waals surface area contributed by atoms with Crippen molar-refractivity contribution in [2.24, 2.45) is 0 Å². The monoisotopic (exact) mass is 809 g/mol. The molecular weight excluding hydrogens is 763 g/mol. The lowest BCUT2D eigenvalue weighted by atomic mass is 10.3. The Balaban J connectivity index is 1.39. The molecule has 24 heteroatoms. The first-order valence-corrected chi connectivity index (χ1v) is 20.7. The van der Waals surface area contributed by atoms with Crippen molar-refractivity contribution >= 4 is 70.7 Å². The fourth-order valence-electron chi connectivity index (χ4n) is 4.82. The summed E-state index contributed by atoms with van der Waals surface area (Å²) in [5, 5.41) is 26.0. The van der Waals surface area contributed by atoms with Crippen molar-refractivity contribution in [2.45, 2.75) is 47.0 Å². The van der Waals surface area contributed by atoms with Crippen LogP contribution in [-0.2, 0) is 54.9 Å². The number of hydrogen-bond acceptors (Lipinski definition) is 16. The lowest BCUT2D eigenvalue weighted by Gasteiger charge is -2.42. The van der Waals surface area contributed by atoms with Crippen LogP contribution in [0.4, 0.5) is 0 Å². The number of nitrogens with one attached hydrogen (secondary N) is 5. The summed E-state index contributed by atoms with van der Waals surface area (Å²) in [5.74, 6) is 1.86. The highest BCUT2D eigenvalue weighted by atomic mass is 32.2. The van der Waals surface area contributed by atoms with E-state index in [2.05, 4.69) is 47.5 Å². The van der Waals surface area contributed by atoms with Gasteiger partial charge in [0.15, 0.2) is 0 Å². The average molecular weight is 810 g/mol. The van der Waals surface area contributed by atoms with E-state index in [1.165, 1.54) is 64.4 Å². The van der Waals surface area contributed by atoms with E-state index in [0.717, 1.165) is 17.3 Å². The van der Waals surface area contributed by atoms with E-state index in [1.54, 1.807) is 18.6 Å². The highest BCUT2D eigenvalue weighted by molar-refractivity contribution is 8.00. The molecule has 1 fully saturated rings. The summed E-state index contributed by atoms with van der Waals surface area (Å²) < 4.78 is 2.67. The van der Waals surface area contributed by atoms with Gasteiger partial charge in [-0.25, -0.2) is 9.36 Å². The number of hydrogen-bond donors (Lipinski definition) is 5. The molecule has 0 spiro atoms. The van der Waals surface area contributed by atoms with Crippen LogP contribution in [0.5, 0.6) is 0 Å². The van der Waals surface area contributed by atoms with Gasteiger partial charge < -0.3 is 36.1 Å². The zero-order valence-corrected chi connectivity index (χ0v) is 32.9. The molecule has 0 atom stereocenters. The summed E-state index contributed by atoms with van der Waals surface area (Å²) >= 11 is 4.50. The van der Waals surface area contributed by atoms with Crippen molar-refractivity contribution < 1.29 is 28.8 Å². The fourth-order valence-corrected chi connectivity index (χ4v) is 6.30. The van der Waals surface area contributed by atoms with Crippen LogP contribution in [0.1, 0.15) is 32.2 Å². The van der Waals surface area contributed by atoms with Crippen LogP contribution < -0.4 is 26.9 Å². The maximum absolute atomic E-state index is 13.6. The van der Waals surface area contributed by atoms with Crippen molar-refractivity contribution in [1.82, 2.24) is 76.6 Å². The lowest BCUT2D eigenvalue weighted by Crippen LogP contribution is -2.61. The van der Waals surface area contributed by atoms with Crippen molar-refractivity contribution in [1.29, 1.82) is 0 Å². The quantitative estimate of drug-likeness (QED) is 0.0893. The molecule has 0 aromatic carbocycles. The second-order valence-electron chi connectivity index (χ2n) is 11.8. The average Bonchev–Trinajstić information content (AvgIpc) is 3.94. The first-order valence-electron chi connectivity index (χ1n) is 17.2. The van der Waals surface area contributed by atoms with Crippen LogP contribution in [0.3, 0.4) is 0 Å². The largest absolute Gasteiger partial charge is 0.350 e. The van der Waals surface area contributed by atoms with Gasteiger partial charge in [0.25, 0.3) is 0 Å². The number of carbonyl (C=O) groups excluding carboxylic acids is 6. The van der Waals surface area contributed by atoms with Crippen molar-refractivity contribution in [3.05, 3.63) is 35.7 Å². The Morgan fingerprint density at radius 2 is 1.04 bits per heavy atom. The third kappa shape index (κ3) is 14.0. The number of hydrazine groups is 2. The first kappa shape index (κ1) is 42.2. The Hall–Kier alpha value is -4.55. The van der Waals surface area contributed by atoms with Crippen molar-refractivity contribution in [3.8, 4) is 0 Å². The van der Waals surface area contributed by atoms with Gasteiger partial charge >= 0.3 is 0 Å². The Morgan fingerprint density at radius 3 is 1.46 bits per heavy atom. The Morgan fingerprint density at radius 1 is 0.630 bits per heavy atom. The summed E-state index contributed by atoms with van der Waals surface area (Å²) in [5.41, 5.74) is 7.37. The molecule has 0 unspecified atom stereocenters. The predicted molar refractivity (Wildman–Crippen MR) is 202 cm³/mol. The molecule has 21 nitrogen and oxygen atoms in total. The van der Waals surface area contributed by atoms with Gasteiger partial charge in [0.2, 0.25) is 35.4 Å². The molecule has 296 valence electrons. The van der Waals surface area contributed by atoms with Crippen molar-refractivity contribution in [3.63, 3.8) is 0 Å². The molecule has 2 aliphatic heterocycles. The van der Waals surface area contributed by atoms with Crippen LogP contribution >= 0.6 is 35.3 Å². The number of thioether (sulfide) groups is 3. The molecule has 0 aliphatic carbocycles. The van der Waals surface area contributed by atoms with Crippen LogP contribution in [0.25, 0.3) is 0 Å². The Kier molecular flexibility index (Phi) is 17.2. The Bertz CT molecular complexity index is 1550. The minimum absolute atomic E-state index is 0.0966. The highest BCUT2D eigenvalue weighted by Gasteiger charge is 2.33. The van der Waals surface area contributed by atoms with Gasteiger partial charge in [-0.1, -0.05) is 31.2 Å². The normalized spacial score (nSPS) is 14.1. The SMILES string of the molecule is CCSCC(=O)NCC1=CN(CC(=O)N2CN(C(=O)Cn3cc(CNC(=O)CSCC)nn3)CN(C(=O)Cn3cc(CNC(=O)CSCC)nn3)C2)NN1. The van der Waals surface area contributed by atoms with E-state index < -0.39 is 11.8 Å². The summed E-state index contributed by atoms with van der Waals surface area (Å²) in [7, 11) is 0. The second-order valence-corrected chi connectivity index (χ2v) is 15.6. The molecule has 6 amide bonds. The minimum Gasteiger partial charge on any atom is -0.350 e. The first-order chi connectivity index (χ1) is 26.1. The molecule has 2 aromatic rings. The molecule has 54 heavy (non-hydrogen) atoms. The molecule has 4 heterocycles. The second kappa shape index (κ2) is 22.0. The molecule has 4 rings (SSSR count). The molecular formula is C30H47N15O6S3. The number of nitrogens with zero attached hydrogens (tertiary/aromatic N) is 10. The van der Waals surface area contributed by atoms with Gasteiger partial charge in [0.05, 0.1) is 75.0 Å². The Labute approximate surface area is 325 Å². The standard InChI is InChI=1S/C30H47N15O6S3/c1-4-52-16-25(46)31-7-22-10-43(37-34-22)13-28(49)40-19-41(29(50)14-44-11-23(35-38-44)8-32-26(47)17-53-5-2)21-42(20-40)30(51)15-45-12-24(36-39-45)9-33-27(48)18-54-6-3/h10-12,34,37H,4-9,13-21H2,1-3H3,(H,31,46)(H,32,47)(H,33,48). The van der Waals surface area contributed by atoms with E-state index in [0.29, 0.717) is 34.3 Å². The molecule has 5 N–H and O–H groups in total. The van der Waals surface area contributed by atoms with Gasteiger partial charge in [-0.15, -0.1) is 15.7 Å². The fraction of sp³-hybridized carbons (Fsp3) is 0.600. The highest BCUT2D eigenvalue weighted by Crippen LogP contribution is 2.12. The molecule has 0 radical (unpaired) electrons. The van der Waals surface area contributed by atoms with Gasteiger partial charge in [-0.2, -0.15) is 35.3 Å². The molecule has 0 bridgehead atoms. The van der Waals surface area contributed by atoms with Gasteiger partial charge in [0.1, 0.15) is 31.0 Å². The smallest absolute Gasteiger partial charge is 0.247 e. The summed E-state index contributed by atoms with van der Waals surface area (Å²) in [6, 6.07) is 0. The molecule has 2 aromatic heterocycles. The third-order valence-corrected chi connectivity index (χ3v) is 10.2. The van der Waals surface area contributed by atoms with Gasteiger partial charge in [-0.3, -0.25) is 33.8 Å². The van der Waals surface area contributed by atoms with Crippen LogP contribution in [-0.4, -0.2) is 153 Å². The lowest BCUT2D eigenvalue weighted by molar-refractivity contribution is -0.159. The number of amides is 6. The predicted octanol–water partition coefficient (Wildman–Crippen LogP) is -2.28. The maximum Gasteiger partial charge on any atom is 0.247 e. The van der Waals surface area contributed by atoms with E-state index in [4.69, 9.17) is 0 Å².